The number of likely N-dealkylation sites (N-methyl/N-ethyl adjacent to an activating group) is 1. The number of thiophene rings is 1. The first-order valence-corrected chi connectivity index (χ1v) is 9.62. The Labute approximate surface area is 171 Å². The number of hydrogen-bond donors (Lipinski definition) is 3. The zero-order valence-corrected chi connectivity index (χ0v) is 17.2. The van der Waals surface area contributed by atoms with Crippen LogP contribution in [0.4, 0.5) is 15.1 Å². The summed E-state index contributed by atoms with van der Waals surface area (Å²) in [5, 5.41) is 5.36. The van der Waals surface area contributed by atoms with Crippen molar-refractivity contribution >= 4 is 39.8 Å². The normalized spacial score (nSPS) is 10.7. The summed E-state index contributed by atoms with van der Waals surface area (Å²) in [6.07, 6.45) is 0. The van der Waals surface area contributed by atoms with Crippen LogP contribution in [0.15, 0.2) is 24.3 Å². The second kappa shape index (κ2) is 9.99. The van der Waals surface area contributed by atoms with Gasteiger partial charge in [-0.15, -0.1) is 11.3 Å². The maximum absolute atomic E-state index is 13.0. The van der Waals surface area contributed by atoms with Gasteiger partial charge < -0.3 is 21.1 Å². The quantitative estimate of drug-likeness (QED) is 0.561. The number of nitrogens with one attached hydrogen (secondary N) is 2. The number of benzene rings is 1. The lowest BCUT2D eigenvalue weighted by Crippen LogP contribution is -2.31. The molecular formula is C19H23FN4O4S. The summed E-state index contributed by atoms with van der Waals surface area (Å²) in [6, 6.07) is 5.40. The van der Waals surface area contributed by atoms with Gasteiger partial charge >= 0.3 is 5.97 Å². The molecule has 0 unspecified atom stereocenters. The van der Waals surface area contributed by atoms with Crippen LogP contribution < -0.4 is 16.4 Å². The van der Waals surface area contributed by atoms with Gasteiger partial charge in [-0.2, -0.15) is 0 Å². The molecule has 0 radical (unpaired) electrons. The highest BCUT2D eigenvalue weighted by atomic mass is 32.1. The average Bonchev–Trinajstić information content (AvgIpc) is 2.98. The predicted molar refractivity (Wildman–Crippen MR) is 109 cm³/mol. The minimum atomic E-state index is -0.615. The first-order valence-electron chi connectivity index (χ1n) is 8.81. The molecule has 0 saturated heterocycles. The molecule has 0 fully saturated rings. The zero-order valence-electron chi connectivity index (χ0n) is 16.4. The molecule has 10 heteroatoms. The van der Waals surface area contributed by atoms with Crippen LogP contribution in [0, 0.1) is 5.82 Å². The van der Waals surface area contributed by atoms with Crippen molar-refractivity contribution in [1.82, 2.24) is 10.2 Å². The van der Waals surface area contributed by atoms with E-state index in [-0.39, 0.29) is 42.1 Å². The molecule has 156 valence electrons. The van der Waals surface area contributed by atoms with Crippen LogP contribution in [-0.4, -0.2) is 49.9 Å². The molecular weight excluding hydrogens is 399 g/mol. The van der Waals surface area contributed by atoms with Crippen molar-refractivity contribution in [3.8, 4) is 0 Å². The molecule has 2 amide bonds. The van der Waals surface area contributed by atoms with Gasteiger partial charge in [0.25, 0.3) is 5.91 Å². The highest BCUT2D eigenvalue weighted by Crippen LogP contribution is 2.32. The third-order valence-electron chi connectivity index (χ3n) is 3.92. The fourth-order valence-corrected chi connectivity index (χ4v) is 3.68. The van der Waals surface area contributed by atoms with Gasteiger partial charge in [-0.25, -0.2) is 9.18 Å². The molecule has 1 aromatic heterocycles. The largest absolute Gasteiger partial charge is 0.462 e. The lowest BCUT2D eigenvalue weighted by atomic mass is 10.1. The van der Waals surface area contributed by atoms with E-state index < -0.39 is 11.8 Å². The zero-order chi connectivity index (χ0) is 21.6. The maximum Gasteiger partial charge on any atom is 0.341 e. The summed E-state index contributed by atoms with van der Waals surface area (Å²) in [7, 11) is 3.15. The Morgan fingerprint density at radius 3 is 2.48 bits per heavy atom. The van der Waals surface area contributed by atoms with Crippen molar-refractivity contribution in [3.05, 3.63) is 46.1 Å². The molecule has 8 nitrogen and oxygen atoms in total. The Morgan fingerprint density at radius 1 is 1.24 bits per heavy atom. The van der Waals surface area contributed by atoms with Gasteiger partial charge in [-0.3, -0.25) is 14.5 Å². The molecule has 0 aliphatic carbocycles. The van der Waals surface area contributed by atoms with Crippen LogP contribution in [0.2, 0.25) is 0 Å². The fourth-order valence-electron chi connectivity index (χ4n) is 2.66. The molecule has 2 aromatic rings. The van der Waals surface area contributed by atoms with Crippen molar-refractivity contribution in [2.75, 3.05) is 38.3 Å². The number of hydrogen-bond acceptors (Lipinski definition) is 7. The van der Waals surface area contributed by atoms with Crippen LogP contribution in [0.3, 0.4) is 0 Å². The van der Waals surface area contributed by atoms with Gasteiger partial charge in [-0.1, -0.05) is 0 Å². The Balaban J connectivity index is 2.17. The van der Waals surface area contributed by atoms with Crippen LogP contribution in [-0.2, 0) is 16.1 Å². The summed E-state index contributed by atoms with van der Waals surface area (Å²) in [5.74, 6) is -1.73. The fraction of sp³-hybridized carbons (Fsp3) is 0.316. The van der Waals surface area contributed by atoms with Gasteiger partial charge in [0.15, 0.2) is 0 Å². The van der Waals surface area contributed by atoms with Gasteiger partial charge in [0.2, 0.25) is 5.91 Å². The summed E-state index contributed by atoms with van der Waals surface area (Å²) < 4.78 is 18.0. The first kappa shape index (κ1) is 22.3. The molecule has 0 bridgehead atoms. The highest BCUT2D eigenvalue weighted by molar-refractivity contribution is 7.18. The van der Waals surface area contributed by atoms with E-state index in [1.165, 1.54) is 31.3 Å². The molecule has 4 N–H and O–H groups in total. The lowest BCUT2D eigenvalue weighted by Gasteiger charge is -2.17. The number of ether oxygens (including phenoxy) is 1. The molecule has 1 heterocycles. The van der Waals surface area contributed by atoms with E-state index in [9.17, 15) is 18.8 Å². The van der Waals surface area contributed by atoms with E-state index in [0.717, 1.165) is 11.3 Å². The second-order valence-electron chi connectivity index (χ2n) is 6.18. The van der Waals surface area contributed by atoms with Gasteiger partial charge in [0.1, 0.15) is 10.8 Å². The van der Waals surface area contributed by atoms with Crippen molar-refractivity contribution in [3.63, 3.8) is 0 Å². The van der Waals surface area contributed by atoms with E-state index in [1.54, 1.807) is 18.9 Å². The van der Waals surface area contributed by atoms with Crippen LogP contribution in [0.1, 0.15) is 32.5 Å². The third-order valence-corrected chi connectivity index (χ3v) is 4.98. The molecule has 0 saturated carbocycles. The van der Waals surface area contributed by atoms with Gasteiger partial charge in [-0.05, 0) is 38.2 Å². The van der Waals surface area contributed by atoms with E-state index in [2.05, 4.69) is 10.6 Å². The van der Waals surface area contributed by atoms with E-state index >= 15 is 0 Å². The molecule has 0 aliphatic heterocycles. The van der Waals surface area contributed by atoms with Gasteiger partial charge in [0.05, 0.1) is 23.6 Å². The second-order valence-corrected chi connectivity index (χ2v) is 7.23. The molecule has 1 aromatic carbocycles. The number of carbonyl (C=O) groups is 3. The molecule has 0 aliphatic rings. The molecule has 0 spiro atoms. The van der Waals surface area contributed by atoms with E-state index in [0.29, 0.717) is 16.1 Å². The van der Waals surface area contributed by atoms with Gasteiger partial charge in [0, 0.05) is 24.8 Å². The minimum absolute atomic E-state index is 0.0252. The standard InChI is InChI=1S/C19H23FN4O4S/c1-4-28-19(27)15-13(16(18(26)22-2)29-17(15)21)9-24(3)10-14(25)23-12-7-5-11(20)6-8-12/h5-8H,4,9-10,21H2,1-3H3,(H,22,26)(H,23,25). The predicted octanol–water partition coefficient (Wildman–Crippen LogP) is 2.08. The maximum atomic E-state index is 13.0. The van der Waals surface area contributed by atoms with Crippen molar-refractivity contribution in [2.24, 2.45) is 0 Å². The van der Waals surface area contributed by atoms with Crippen LogP contribution in [0.5, 0.6) is 0 Å². The Kier molecular flexibility index (Phi) is 7.68. The van der Waals surface area contributed by atoms with E-state index in [1.807, 2.05) is 0 Å². The average molecular weight is 422 g/mol. The Bertz CT molecular complexity index is 898. The SMILES string of the molecule is CCOC(=O)c1c(N)sc(C(=O)NC)c1CN(C)CC(=O)Nc1ccc(F)cc1. The third kappa shape index (κ3) is 5.75. The van der Waals surface area contributed by atoms with Crippen LogP contribution >= 0.6 is 11.3 Å². The number of nitrogen functional groups attached to an aromatic ring is 1. The van der Waals surface area contributed by atoms with Crippen molar-refractivity contribution in [2.45, 2.75) is 13.5 Å². The number of amides is 2. The summed E-state index contributed by atoms with van der Waals surface area (Å²) in [6.45, 7) is 1.94. The van der Waals surface area contributed by atoms with Crippen molar-refractivity contribution < 1.29 is 23.5 Å². The monoisotopic (exact) mass is 422 g/mol. The Morgan fingerprint density at radius 2 is 1.90 bits per heavy atom. The number of esters is 1. The number of nitrogens with two attached hydrogens (primary N) is 1. The first-order chi connectivity index (χ1) is 13.8. The summed E-state index contributed by atoms with van der Waals surface area (Å²) in [5.41, 5.74) is 6.97. The topological polar surface area (TPSA) is 114 Å². The molecule has 29 heavy (non-hydrogen) atoms. The number of halogens is 1. The number of nitrogens with zero attached hydrogens (tertiary/aromatic N) is 1. The minimum Gasteiger partial charge on any atom is -0.462 e. The van der Waals surface area contributed by atoms with Crippen LogP contribution in [0.25, 0.3) is 0 Å². The highest BCUT2D eigenvalue weighted by Gasteiger charge is 2.27. The van der Waals surface area contributed by atoms with E-state index in [4.69, 9.17) is 10.5 Å². The van der Waals surface area contributed by atoms with Crippen molar-refractivity contribution in [1.29, 1.82) is 0 Å². The number of anilines is 2. The smallest absolute Gasteiger partial charge is 0.341 e. The molecule has 2 rings (SSSR count). The lowest BCUT2D eigenvalue weighted by molar-refractivity contribution is -0.117. The summed E-state index contributed by atoms with van der Waals surface area (Å²) >= 11 is 0.995. The number of carbonyl (C=O) groups excluding carboxylic acids is 3. The summed E-state index contributed by atoms with van der Waals surface area (Å²) in [4.78, 5) is 38.7. The Hall–Kier alpha value is -2.98. The number of rotatable bonds is 8. The molecule has 0 atom stereocenters.